The maximum Gasteiger partial charge on any atom is 0.414 e. The highest BCUT2D eigenvalue weighted by Crippen LogP contribution is 2.30. The molecular weight excluding hydrogens is 588 g/mol. The lowest BCUT2D eigenvalue weighted by molar-refractivity contribution is -0.217. The van der Waals surface area contributed by atoms with E-state index in [9.17, 15) is 22.8 Å². The molecule has 2 atom stereocenters. The fraction of sp³-hybridized carbons (Fsp3) is 0.320. The number of carbonyl (C=O) groups excluding carboxylic acids is 2. The summed E-state index contributed by atoms with van der Waals surface area (Å²) < 4.78 is 46.2. The summed E-state index contributed by atoms with van der Waals surface area (Å²) in [4.78, 5) is 24.2. The van der Waals surface area contributed by atoms with Crippen molar-refractivity contribution in [2.45, 2.75) is 36.7 Å². The van der Waals surface area contributed by atoms with Crippen LogP contribution >= 0.6 is 22.6 Å². The predicted octanol–water partition coefficient (Wildman–Crippen LogP) is 5.02. The molecule has 2 aromatic carbocycles. The van der Waals surface area contributed by atoms with Crippen LogP contribution in [-0.4, -0.2) is 40.4 Å². The number of para-hydroxylation sites is 1. The summed E-state index contributed by atoms with van der Waals surface area (Å²) in [6, 6.07) is 16.5. The van der Waals surface area contributed by atoms with Crippen LogP contribution in [0.2, 0.25) is 0 Å². The molecular formula is C25H24F3IN4O3. The zero-order chi connectivity index (χ0) is 25.9. The summed E-state index contributed by atoms with van der Waals surface area (Å²) in [7, 11) is 0. The second-order valence-electron chi connectivity index (χ2n) is 8.52. The SMILES string of the molecule is C[C@@H](OCc1cc(CI)cc(-c2cc(NC(=O)[C@@H]3CNC(=O)C3)nn2-c2ccccc2)c1)C(F)(F)F. The number of alkyl halides is 4. The van der Waals surface area contributed by atoms with Gasteiger partial charge in [0, 0.05) is 29.0 Å². The number of aromatic nitrogens is 2. The Morgan fingerprint density at radius 2 is 1.94 bits per heavy atom. The van der Waals surface area contributed by atoms with Gasteiger partial charge >= 0.3 is 6.18 Å². The molecule has 2 amide bonds. The third kappa shape index (κ3) is 6.25. The molecule has 1 aliphatic rings. The van der Waals surface area contributed by atoms with E-state index in [0.29, 0.717) is 21.5 Å². The van der Waals surface area contributed by atoms with Gasteiger partial charge < -0.3 is 15.4 Å². The molecule has 11 heteroatoms. The summed E-state index contributed by atoms with van der Waals surface area (Å²) >= 11 is 2.19. The lowest BCUT2D eigenvalue weighted by atomic mass is 10.0. The molecule has 1 saturated heterocycles. The summed E-state index contributed by atoms with van der Waals surface area (Å²) in [5, 5.41) is 10.0. The van der Waals surface area contributed by atoms with E-state index in [1.54, 1.807) is 16.8 Å². The van der Waals surface area contributed by atoms with Gasteiger partial charge in [-0.2, -0.15) is 13.2 Å². The standard InChI is InChI=1S/C25H24F3IN4O3/c1-15(25(26,27)28)36-14-17-7-16(12-29)8-18(9-17)21-11-22(31-24(35)19-10-23(34)30-13-19)32-33(21)20-5-3-2-4-6-20/h2-9,11,15,19H,10,12-14H2,1H3,(H,30,34)(H,31,32,35)/t15-,19+/m1/s1. The van der Waals surface area contributed by atoms with Gasteiger partial charge in [-0.05, 0) is 42.3 Å². The van der Waals surface area contributed by atoms with Gasteiger partial charge in [-0.3, -0.25) is 9.59 Å². The van der Waals surface area contributed by atoms with Gasteiger partial charge in [-0.25, -0.2) is 4.68 Å². The van der Waals surface area contributed by atoms with E-state index in [-0.39, 0.29) is 31.4 Å². The van der Waals surface area contributed by atoms with Crippen molar-refractivity contribution in [3.8, 4) is 16.9 Å². The number of amides is 2. The average Bonchev–Trinajstić information content (AvgIpc) is 3.48. The topological polar surface area (TPSA) is 85.2 Å². The fourth-order valence-electron chi connectivity index (χ4n) is 3.82. The second-order valence-corrected chi connectivity index (χ2v) is 9.29. The Morgan fingerprint density at radius 3 is 2.58 bits per heavy atom. The monoisotopic (exact) mass is 612 g/mol. The van der Waals surface area contributed by atoms with Crippen LogP contribution in [0.1, 0.15) is 24.5 Å². The van der Waals surface area contributed by atoms with Crippen molar-refractivity contribution in [1.29, 1.82) is 0 Å². The average molecular weight is 612 g/mol. The van der Waals surface area contributed by atoms with Crippen molar-refractivity contribution in [1.82, 2.24) is 15.1 Å². The van der Waals surface area contributed by atoms with Crippen LogP contribution in [0.5, 0.6) is 0 Å². The Hall–Kier alpha value is -2.93. The van der Waals surface area contributed by atoms with Gasteiger partial charge in [0.1, 0.15) is 0 Å². The highest BCUT2D eigenvalue weighted by molar-refractivity contribution is 14.1. The van der Waals surface area contributed by atoms with Crippen molar-refractivity contribution in [2.24, 2.45) is 5.92 Å². The number of anilines is 1. The van der Waals surface area contributed by atoms with Crippen LogP contribution in [0, 0.1) is 5.92 Å². The quantitative estimate of drug-likeness (QED) is 0.277. The maximum absolute atomic E-state index is 12.9. The summed E-state index contributed by atoms with van der Waals surface area (Å²) in [6.07, 6.45) is -6.21. The minimum atomic E-state index is -4.44. The Balaban J connectivity index is 1.68. The maximum atomic E-state index is 12.9. The molecule has 0 bridgehead atoms. The Labute approximate surface area is 219 Å². The van der Waals surface area contributed by atoms with Gasteiger partial charge in [0.25, 0.3) is 0 Å². The molecule has 190 valence electrons. The molecule has 2 N–H and O–H groups in total. The molecule has 2 heterocycles. The van der Waals surface area contributed by atoms with E-state index < -0.39 is 18.2 Å². The van der Waals surface area contributed by atoms with Crippen LogP contribution in [0.15, 0.2) is 54.6 Å². The molecule has 1 aliphatic heterocycles. The van der Waals surface area contributed by atoms with Crippen molar-refractivity contribution in [3.05, 3.63) is 65.7 Å². The number of rotatable bonds is 8. The summed E-state index contributed by atoms with van der Waals surface area (Å²) in [6.45, 7) is 1.05. The molecule has 0 radical (unpaired) electrons. The molecule has 0 spiro atoms. The molecule has 7 nitrogen and oxygen atoms in total. The fourth-order valence-corrected chi connectivity index (χ4v) is 4.26. The zero-order valence-electron chi connectivity index (χ0n) is 19.3. The Morgan fingerprint density at radius 1 is 1.22 bits per heavy atom. The first-order valence-electron chi connectivity index (χ1n) is 11.2. The van der Waals surface area contributed by atoms with Crippen LogP contribution < -0.4 is 10.6 Å². The first kappa shape index (κ1) is 26.1. The van der Waals surface area contributed by atoms with E-state index in [2.05, 4.69) is 38.3 Å². The number of hydrogen-bond acceptors (Lipinski definition) is 4. The zero-order valence-corrected chi connectivity index (χ0v) is 21.5. The van der Waals surface area contributed by atoms with Gasteiger partial charge in [0.2, 0.25) is 11.8 Å². The largest absolute Gasteiger partial charge is 0.414 e. The smallest absolute Gasteiger partial charge is 0.364 e. The minimum absolute atomic E-state index is 0.121. The first-order chi connectivity index (χ1) is 17.1. The summed E-state index contributed by atoms with van der Waals surface area (Å²) in [5.41, 5.74) is 3.62. The van der Waals surface area contributed by atoms with Crippen LogP contribution in [0.25, 0.3) is 16.9 Å². The van der Waals surface area contributed by atoms with E-state index in [4.69, 9.17) is 4.74 Å². The van der Waals surface area contributed by atoms with E-state index in [1.807, 2.05) is 42.5 Å². The predicted molar refractivity (Wildman–Crippen MR) is 137 cm³/mol. The van der Waals surface area contributed by atoms with Crippen LogP contribution in [0.4, 0.5) is 19.0 Å². The number of halogens is 4. The first-order valence-corrected chi connectivity index (χ1v) is 12.8. The van der Waals surface area contributed by atoms with E-state index in [0.717, 1.165) is 23.7 Å². The molecule has 0 saturated carbocycles. The second kappa shape index (κ2) is 11.0. The van der Waals surface area contributed by atoms with Crippen LogP contribution in [-0.2, 0) is 25.4 Å². The Bertz CT molecular complexity index is 1250. The highest BCUT2D eigenvalue weighted by Gasteiger charge is 2.37. The summed E-state index contributed by atoms with van der Waals surface area (Å²) in [5.74, 6) is -0.657. The number of hydrogen-bond donors (Lipinski definition) is 2. The molecule has 1 aromatic heterocycles. The van der Waals surface area contributed by atoms with Crippen molar-refractivity contribution in [3.63, 3.8) is 0 Å². The molecule has 3 aromatic rings. The lowest BCUT2D eigenvalue weighted by Gasteiger charge is -2.17. The van der Waals surface area contributed by atoms with Crippen LogP contribution in [0.3, 0.4) is 0 Å². The van der Waals surface area contributed by atoms with Gasteiger partial charge in [-0.1, -0.05) is 46.9 Å². The van der Waals surface area contributed by atoms with Gasteiger partial charge in [-0.15, -0.1) is 5.10 Å². The lowest BCUT2D eigenvalue weighted by Crippen LogP contribution is -2.28. The minimum Gasteiger partial charge on any atom is -0.364 e. The van der Waals surface area contributed by atoms with Crippen molar-refractivity contribution in [2.75, 3.05) is 11.9 Å². The van der Waals surface area contributed by atoms with Gasteiger partial charge in [0.15, 0.2) is 11.9 Å². The third-order valence-electron chi connectivity index (χ3n) is 5.77. The number of nitrogens with zero attached hydrogens (tertiary/aromatic N) is 2. The van der Waals surface area contributed by atoms with Crippen molar-refractivity contribution >= 4 is 40.2 Å². The number of carbonyl (C=O) groups is 2. The number of nitrogens with one attached hydrogen (secondary N) is 2. The normalized spacial score (nSPS) is 16.6. The van der Waals surface area contributed by atoms with Gasteiger partial charge in [0.05, 0.1) is 23.9 Å². The molecule has 4 rings (SSSR count). The van der Waals surface area contributed by atoms with E-state index in [1.165, 1.54) is 0 Å². The number of ether oxygens (including phenoxy) is 1. The Kier molecular flexibility index (Phi) is 7.98. The van der Waals surface area contributed by atoms with Crippen molar-refractivity contribution < 1.29 is 27.5 Å². The highest BCUT2D eigenvalue weighted by atomic mass is 127. The molecule has 36 heavy (non-hydrogen) atoms. The van der Waals surface area contributed by atoms with E-state index >= 15 is 0 Å². The molecule has 0 aliphatic carbocycles. The number of benzene rings is 2. The molecule has 1 fully saturated rings. The molecule has 0 unspecified atom stereocenters. The third-order valence-corrected chi connectivity index (χ3v) is 6.65.